The van der Waals surface area contributed by atoms with E-state index in [4.69, 9.17) is 5.26 Å². The van der Waals surface area contributed by atoms with Gasteiger partial charge in [0, 0.05) is 5.92 Å². The molecule has 0 aromatic rings. The Labute approximate surface area is 66.4 Å². The van der Waals surface area contributed by atoms with Gasteiger partial charge >= 0.3 is 0 Å². The summed E-state index contributed by atoms with van der Waals surface area (Å²) >= 11 is 0. The van der Waals surface area contributed by atoms with Crippen molar-refractivity contribution in [1.29, 1.82) is 5.26 Å². The second kappa shape index (κ2) is 2.91. The number of hydrogen-bond acceptors (Lipinski definition) is 2. The Morgan fingerprint density at radius 3 is 2.73 bits per heavy atom. The van der Waals surface area contributed by atoms with Crippen molar-refractivity contribution in [2.24, 2.45) is 11.8 Å². The summed E-state index contributed by atoms with van der Waals surface area (Å²) in [5, 5.41) is 11.0. The molecule has 11 heavy (non-hydrogen) atoms. The van der Waals surface area contributed by atoms with E-state index in [1.54, 1.807) is 6.92 Å². The summed E-state index contributed by atoms with van der Waals surface area (Å²) in [4.78, 5) is 11.1. The van der Waals surface area contributed by atoms with E-state index in [0.717, 1.165) is 6.42 Å². The number of rotatable bonds is 2. The minimum absolute atomic E-state index is 0.0338. The fraction of sp³-hybridized carbons (Fsp3) is 0.750. The monoisotopic (exact) mass is 152 g/mol. The Morgan fingerprint density at radius 2 is 2.36 bits per heavy atom. The van der Waals surface area contributed by atoms with Crippen molar-refractivity contribution in [3.05, 3.63) is 0 Å². The first kappa shape index (κ1) is 8.06. The molecule has 1 N–H and O–H groups in total. The van der Waals surface area contributed by atoms with E-state index >= 15 is 0 Å². The van der Waals surface area contributed by atoms with Crippen LogP contribution in [-0.2, 0) is 4.79 Å². The third-order valence-electron chi connectivity index (χ3n) is 2.00. The van der Waals surface area contributed by atoms with Crippen molar-refractivity contribution >= 4 is 5.91 Å². The lowest BCUT2D eigenvalue weighted by Crippen LogP contribution is -2.32. The zero-order valence-corrected chi connectivity index (χ0v) is 6.79. The maximum atomic E-state index is 11.1. The van der Waals surface area contributed by atoms with Gasteiger partial charge in [-0.15, -0.1) is 0 Å². The number of amides is 1. The second-order valence-electron chi connectivity index (χ2n) is 3.18. The highest BCUT2D eigenvalue weighted by Crippen LogP contribution is 2.37. The molecule has 3 nitrogen and oxygen atoms in total. The van der Waals surface area contributed by atoms with Gasteiger partial charge in [-0.2, -0.15) is 5.26 Å². The molecule has 0 bridgehead atoms. The zero-order valence-electron chi connectivity index (χ0n) is 6.79. The second-order valence-corrected chi connectivity index (χ2v) is 3.18. The molecule has 1 aliphatic carbocycles. The quantitative estimate of drug-likeness (QED) is 0.632. The summed E-state index contributed by atoms with van der Waals surface area (Å²) in [6.07, 6.45) is 0.976. The molecular formula is C8H12N2O. The lowest BCUT2D eigenvalue weighted by atomic mass is 10.3. The highest BCUT2D eigenvalue weighted by atomic mass is 16.2. The van der Waals surface area contributed by atoms with Gasteiger partial charge in [0.2, 0.25) is 5.91 Å². The maximum Gasteiger partial charge on any atom is 0.224 e. The minimum atomic E-state index is -0.352. The smallest absolute Gasteiger partial charge is 0.224 e. The molecule has 0 spiro atoms. The average molecular weight is 152 g/mol. The number of nitrogens with one attached hydrogen (secondary N) is 1. The molecule has 0 radical (unpaired) electrons. The largest absolute Gasteiger partial charge is 0.340 e. The fourth-order valence-electron chi connectivity index (χ4n) is 1.04. The normalized spacial score (nSPS) is 30.3. The lowest BCUT2D eigenvalue weighted by Gasteiger charge is -2.04. The molecule has 0 aliphatic heterocycles. The molecule has 3 heteroatoms. The SMILES string of the molecule is C[C@@H](C#N)NC(=O)[C@H]1C[C@@H]1C. The first-order chi connectivity index (χ1) is 5.15. The van der Waals surface area contributed by atoms with Crippen LogP contribution in [0.3, 0.4) is 0 Å². The van der Waals surface area contributed by atoms with E-state index in [1.165, 1.54) is 0 Å². The van der Waals surface area contributed by atoms with Gasteiger partial charge in [0.15, 0.2) is 0 Å². The van der Waals surface area contributed by atoms with E-state index in [1.807, 2.05) is 13.0 Å². The molecule has 1 rings (SSSR count). The molecule has 60 valence electrons. The molecule has 1 amide bonds. The molecule has 1 saturated carbocycles. The van der Waals surface area contributed by atoms with Crippen LogP contribution in [0, 0.1) is 23.2 Å². The van der Waals surface area contributed by atoms with Crippen LogP contribution in [-0.4, -0.2) is 11.9 Å². The summed E-state index contributed by atoms with van der Waals surface area (Å²) in [7, 11) is 0. The van der Waals surface area contributed by atoms with Gasteiger partial charge in [-0.05, 0) is 19.3 Å². The van der Waals surface area contributed by atoms with Crippen LogP contribution in [0.5, 0.6) is 0 Å². The van der Waals surface area contributed by atoms with Gasteiger partial charge < -0.3 is 5.32 Å². The standard InChI is InChI=1S/C8H12N2O/c1-5-3-7(5)8(11)10-6(2)4-9/h5-7H,3H2,1-2H3,(H,10,11)/t5-,6-,7-/m0/s1. The van der Waals surface area contributed by atoms with Crippen molar-refractivity contribution < 1.29 is 4.79 Å². The fourth-order valence-corrected chi connectivity index (χ4v) is 1.04. The number of hydrogen-bond donors (Lipinski definition) is 1. The molecule has 3 atom stereocenters. The van der Waals surface area contributed by atoms with E-state index in [9.17, 15) is 4.79 Å². The van der Waals surface area contributed by atoms with Crippen LogP contribution >= 0.6 is 0 Å². The molecule has 1 fully saturated rings. The summed E-state index contributed by atoms with van der Waals surface area (Å²) in [5.41, 5.74) is 0. The lowest BCUT2D eigenvalue weighted by molar-refractivity contribution is -0.122. The van der Waals surface area contributed by atoms with Crippen molar-refractivity contribution in [2.45, 2.75) is 26.3 Å². The first-order valence-corrected chi connectivity index (χ1v) is 3.85. The van der Waals surface area contributed by atoms with Crippen LogP contribution in [0.2, 0.25) is 0 Å². The van der Waals surface area contributed by atoms with Crippen LogP contribution in [0.4, 0.5) is 0 Å². The van der Waals surface area contributed by atoms with Gasteiger partial charge in [-0.1, -0.05) is 6.92 Å². The van der Waals surface area contributed by atoms with Gasteiger partial charge in [0.1, 0.15) is 6.04 Å². The highest BCUT2D eigenvalue weighted by molar-refractivity contribution is 5.81. The molecule has 0 unspecified atom stereocenters. The van der Waals surface area contributed by atoms with E-state index in [-0.39, 0.29) is 17.9 Å². The van der Waals surface area contributed by atoms with Gasteiger partial charge in [-0.25, -0.2) is 0 Å². The first-order valence-electron chi connectivity index (χ1n) is 3.85. The third kappa shape index (κ3) is 1.94. The van der Waals surface area contributed by atoms with Crippen LogP contribution < -0.4 is 5.32 Å². The molecule has 0 aromatic carbocycles. The van der Waals surface area contributed by atoms with E-state index in [0.29, 0.717) is 5.92 Å². The van der Waals surface area contributed by atoms with Crippen LogP contribution in [0.15, 0.2) is 0 Å². The molecular weight excluding hydrogens is 140 g/mol. The van der Waals surface area contributed by atoms with E-state index < -0.39 is 0 Å². The van der Waals surface area contributed by atoms with Gasteiger partial charge in [0.05, 0.1) is 6.07 Å². The predicted molar refractivity (Wildman–Crippen MR) is 40.5 cm³/mol. The zero-order chi connectivity index (χ0) is 8.43. The van der Waals surface area contributed by atoms with Crippen molar-refractivity contribution in [2.75, 3.05) is 0 Å². The summed E-state index contributed by atoms with van der Waals surface area (Å²) < 4.78 is 0. The van der Waals surface area contributed by atoms with Gasteiger partial charge in [-0.3, -0.25) is 4.79 Å². The molecule has 0 aromatic heterocycles. The van der Waals surface area contributed by atoms with Crippen molar-refractivity contribution in [3.8, 4) is 6.07 Å². The Bertz CT molecular complexity index is 207. The topological polar surface area (TPSA) is 52.9 Å². The molecule has 1 aliphatic rings. The van der Waals surface area contributed by atoms with Crippen molar-refractivity contribution in [1.82, 2.24) is 5.32 Å². The summed E-state index contributed by atoms with van der Waals surface area (Å²) in [6.45, 7) is 3.73. The average Bonchev–Trinajstić information content (AvgIpc) is 2.66. The number of carbonyl (C=O) groups is 1. The predicted octanol–water partition coefficient (Wildman–Crippen LogP) is 0.671. The Kier molecular flexibility index (Phi) is 2.13. The third-order valence-corrected chi connectivity index (χ3v) is 2.00. The Hall–Kier alpha value is -1.04. The minimum Gasteiger partial charge on any atom is -0.340 e. The van der Waals surface area contributed by atoms with Crippen LogP contribution in [0.25, 0.3) is 0 Å². The highest BCUT2D eigenvalue weighted by Gasteiger charge is 2.39. The molecule has 0 heterocycles. The number of nitriles is 1. The molecule has 0 saturated heterocycles. The van der Waals surface area contributed by atoms with E-state index in [2.05, 4.69) is 5.32 Å². The van der Waals surface area contributed by atoms with Crippen LogP contribution in [0.1, 0.15) is 20.3 Å². The Morgan fingerprint density at radius 1 is 1.82 bits per heavy atom. The maximum absolute atomic E-state index is 11.1. The summed E-state index contributed by atoms with van der Waals surface area (Å²) in [6, 6.07) is 1.61. The number of carbonyl (C=O) groups excluding carboxylic acids is 1. The van der Waals surface area contributed by atoms with Crippen molar-refractivity contribution in [3.63, 3.8) is 0 Å². The van der Waals surface area contributed by atoms with Gasteiger partial charge in [0.25, 0.3) is 0 Å². The summed E-state index contributed by atoms with van der Waals surface area (Å²) in [5.74, 6) is 0.721. The Balaban J connectivity index is 2.28. The number of nitrogens with zero attached hydrogens (tertiary/aromatic N) is 1.